The van der Waals surface area contributed by atoms with Gasteiger partial charge in [-0.1, -0.05) is 33.6 Å². The van der Waals surface area contributed by atoms with Crippen molar-refractivity contribution in [1.82, 2.24) is 0 Å². The van der Waals surface area contributed by atoms with Crippen LogP contribution in [0.5, 0.6) is 0 Å². The Bertz CT molecular complexity index is 399. The highest BCUT2D eigenvalue weighted by Crippen LogP contribution is 2.29. The van der Waals surface area contributed by atoms with Gasteiger partial charge in [0.2, 0.25) is 0 Å². The van der Waals surface area contributed by atoms with Crippen LogP contribution in [0.1, 0.15) is 73.4 Å². The summed E-state index contributed by atoms with van der Waals surface area (Å²) in [5.74, 6) is 0. The SMILES string of the molecule is CCCCc1c(C)c(C)c(C)c(CC)c1CCC. The van der Waals surface area contributed by atoms with Crippen molar-refractivity contribution in [3.05, 3.63) is 33.4 Å². The minimum absolute atomic E-state index is 1.18. The topological polar surface area (TPSA) is 0 Å². The molecule has 0 amide bonds. The molecule has 18 heavy (non-hydrogen) atoms. The molecule has 0 heterocycles. The number of unbranched alkanes of at least 4 members (excludes halogenated alkanes) is 1. The summed E-state index contributed by atoms with van der Waals surface area (Å²) in [5.41, 5.74) is 9.59. The third-order valence-electron chi connectivity index (χ3n) is 4.39. The van der Waals surface area contributed by atoms with E-state index in [2.05, 4.69) is 41.5 Å². The van der Waals surface area contributed by atoms with Gasteiger partial charge >= 0.3 is 0 Å². The fourth-order valence-corrected chi connectivity index (χ4v) is 3.09. The average molecular weight is 246 g/mol. The maximum absolute atomic E-state index is 2.33. The van der Waals surface area contributed by atoms with E-state index in [1.54, 1.807) is 27.8 Å². The second-order valence-electron chi connectivity index (χ2n) is 5.52. The van der Waals surface area contributed by atoms with Gasteiger partial charge in [0.1, 0.15) is 0 Å². The van der Waals surface area contributed by atoms with Gasteiger partial charge in [0, 0.05) is 0 Å². The highest BCUT2D eigenvalue weighted by atomic mass is 14.2. The summed E-state index contributed by atoms with van der Waals surface area (Å²) >= 11 is 0. The number of hydrogen-bond acceptors (Lipinski definition) is 0. The molecule has 0 radical (unpaired) electrons. The zero-order valence-electron chi connectivity index (χ0n) is 13.2. The van der Waals surface area contributed by atoms with Gasteiger partial charge in [0.25, 0.3) is 0 Å². The van der Waals surface area contributed by atoms with Crippen molar-refractivity contribution in [3.8, 4) is 0 Å². The Hall–Kier alpha value is -0.780. The highest BCUT2D eigenvalue weighted by Gasteiger charge is 2.15. The predicted molar refractivity (Wildman–Crippen MR) is 82.6 cm³/mol. The van der Waals surface area contributed by atoms with Crippen LogP contribution < -0.4 is 0 Å². The summed E-state index contributed by atoms with van der Waals surface area (Å²) in [6, 6.07) is 0. The van der Waals surface area contributed by atoms with E-state index in [1.165, 1.54) is 44.1 Å². The lowest BCUT2D eigenvalue weighted by Gasteiger charge is -2.22. The monoisotopic (exact) mass is 246 g/mol. The minimum Gasteiger partial charge on any atom is -0.0654 e. The summed E-state index contributed by atoms with van der Waals surface area (Å²) in [7, 11) is 0. The van der Waals surface area contributed by atoms with E-state index < -0.39 is 0 Å². The Morgan fingerprint density at radius 3 is 1.72 bits per heavy atom. The normalized spacial score (nSPS) is 11.0. The molecule has 0 aliphatic carbocycles. The molecule has 0 nitrogen and oxygen atoms in total. The van der Waals surface area contributed by atoms with Crippen molar-refractivity contribution in [2.24, 2.45) is 0 Å². The van der Waals surface area contributed by atoms with E-state index in [1.807, 2.05) is 0 Å². The molecule has 0 fully saturated rings. The van der Waals surface area contributed by atoms with Crippen molar-refractivity contribution < 1.29 is 0 Å². The van der Waals surface area contributed by atoms with Crippen LogP contribution in [0.15, 0.2) is 0 Å². The molecule has 0 aliphatic heterocycles. The molecule has 1 aromatic carbocycles. The van der Waals surface area contributed by atoms with Crippen LogP contribution in [0.25, 0.3) is 0 Å². The predicted octanol–water partition coefficient (Wildman–Crippen LogP) is 5.47. The molecule has 1 aromatic rings. The van der Waals surface area contributed by atoms with E-state index in [0.717, 1.165) is 0 Å². The maximum Gasteiger partial charge on any atom is -0.0273 e. The third kappa shape index (κ3) is 2.96. The van der Waals surface area contributed by atoms with E-state index in [-0.39, 0.29) is 0 Å². The van der Waals surface area contributed by atoms with E-state index in [9.17, 15) is 0 Å². The Morgan fingerprint density at radius 1 is 0.611 bits per heavy atom. The van der Waals surface area contributed by atoms with Gasteiger partial charge in [0.05, 0.1) is 0 Å². The smallest absolute Gasteiger partial charge is 0.0273 e. The first-order chi connectivity index (χ1) is 8.58. The standard InChI is InChI=1S/C18H30/c1-7-10-12-17-15(6)13(4)14(5)16(9-3)18(17)11-8-2/h7-12H2,1-6H3. The molecule has 0 aromatic heterocycles. The van der Waals surface area contributed by atoms with Gasteiger partial charge in [-0.05, 0) is 79.8 Å². The van der Waals surface area contributed by atoms with Gasteiger partial charge < -0.3 is 0 Å². The Morgan fingerprint density at radius 2 is 1.22 bits per heavy atom. The number of rotatable bonds is 6. The lowest BCUT2D eigenvalue weighted by atomic mass is 9.83. The molecule has 0 spiro atoms. The molecule has 0 saturated heterocycles. The van der Waals surface area contributed by atoms with Crippen LogP contribution in [-0.4, -0.2) is 0 Å². The lowest BCUT2D eigenvalue weighted by molar-refractivity contribution is 0.768. The second-order valence-corrected chi connectivity index (χ2v) is 5.52. The summed E-state index contributed by atoms with van der Waals surface area (Å²) in [6.07, 6.45) is 7.58. The van der Waals surface area contributed by atoms with Crippen LogP contribution in [-0.2, 0) is 19.3 Å². The zero-order chi connectivity index (χ0) is 13.7. The van der Waals surface area contributed by atoms with Crippen LogP contribution >= 0.6 is 0 Å². The number of hydrogen-bond donors (Lipinski definition) is 0. The van der Waals surface area contributed by atoms with Crippen LogP contribution in [0.3, 0.4) is 0 Å². The Labute approximate surface area is 114 Å². The Balaban J connectivity index is 3.39. The molecule has 0 unspecified atom stereocenters. The molecule has 0 atom stereocenters. The molecular weight excluding hydrogens is 216 g/mol. The summed E-state index contributed by atoms with van der Waals surface area (Å²) in [4.78, 5) is 0. The van der Waals surface area contributed by atoms with Crippen LogP contribution in [0.2, 0.25) is 0 Å². The first-order valence-corrected chi connectivity index (χ1v) is 7.68. The lowest BCUT2D eigenvalue weighted by Crippen LogP contribution is -2.08. The largest absolute Gasteiger partial charge is 0.0654 e. The molecule has 102 valence electrons. The van der Waals surface area contributed by atoms with Crippen molar-refractivity contribution >= 4 is 0 Å². The quantitative estimate of drug-likeness (QED) is 0.624. The molecule has 0 aliphatic rings. The zero-order valence-corrected chi connectivity index (χ0v) is 13.2. The third-order valence-corrected chi connectivity index (χ3v) is 4.39. The summed E-state index contributed by atoms with van der Waals surface area (Å²) in [6.45, 7) is 13.8. The minimum atomic E-state index is 1.18. The average Bonchev–Trinajstić information content (AvgIpc) is 2.37. The molecule has 1 rings (SSSR count). The van der Waals surface area contributed by atoms with Crippen molar-refractivity contribution in [1.29, 1.82) is 0 Å². The van der Waals surface area contributed by atoms with Gasteiger partial charge in [-0.3, -0.25) is 0 Å². The molecule has 0 heteroatoms. The summed E-state index contributed by atoms with van der Waals surface area (Å²) < 4.78 is 0. The van der Waals surface area contributed by atoms with Gasteiger partial charge in [0.15, 0.2) is 0 Å². The number of benzene rings is 1. The fraction of sp³-hybridized carbons (Fsp3) is 0.667. The fourth-order valence-electron chi connectivity index (χ4n) is 3.09. The van der Waals surface area contributed by atoms with Gasteiger partial charge in [-0.15, -0.1) is 0 Å². The molecular formula is C18H30. The van der Waals surface area contributed by atoms with Crippen molar-refractivity contribution in [2.45, 2.75) is 80.1 Å². The van der Waals surface area contributed by atoms with E-state index in [4.69, 9.17) is 0 Å². The first-order valence-electron chi connectivity index (χ1n) is 7.68. The molecule has 0 bridgehead atoms. The van der Waals surface area contributed by atoms with Crippen LogP contribution in [0.4, 0.5) is 0 Å². The maximum atomic E-state index is 2.33. The van der Waals surface area contributed by atoms with Gasteiger partial charge in [-0.25, -0.2) is 0 Å². The first kappa shape index (κ1) is 15.3. The molecule has 0 N–H and O–H groups in total. The van der Waals surface area contributed by atoms with Crippen LogP contribution in [0, 0.1) is 20.8 Å². The van der Waals surface area contributed by atoms with Gasteiger partial charge in [-0.2, -0.15) is 0 Å². The summed E-state index contributed by atoms with van der Waals surface area (Å²) in [5, 5.41) is 0. The second kappa shape index (κ2) is 6.97. The van der Waals surface area contributed by atoms with E-state index >= 15 is 0 Å². The van der Waals surface area contributed by atoms with Crippen molar-refractivity contribution in [2.75, 3.05) is 0 Å². The Kier molecular flexibility index (Phi) is 5.91. The molecule has 0 saturated carbocycles. The van der Waals surface area contributed by atoms with E-state index in [0.29, 0.717) is 0 Å². The highest BCUT2D eigenvalue weighted by molar-refractivity contribution is 5.50. The van der Waals surface area contributed by atoms with Crippen molar-refractivity contribution in [3.63, 3.8) is 0 Å².